The molecule has 1 saturated heterocycles. The van der Waals surface area contributed by atoms with Crippen molar-refractivity contribution in [2.24, 2.45) is 5.41 Å². The van der Waals surface area contributed by atoms with Gasteiger partial charge in [-0.1, -0.05) is 38.1 Å². The van der Waals surface area contributed by atoms with E-state index in [9.17, 15) is 0 Å². The summed E-state index contributed by atoms with van der Waals surface area (Å²) in [6, 6.07) is 8.68. The van der Waals surface area contributed by atoms with E-state index in [1.54, 1.807) is 0 Å². The van der Waals surface area contributed by atoms with Crippen molar-refractivity contribution in [1.82, 2.24) is 5.32 Å². The van der Waals surface area contributed by atoms with Crippen molar-refractivity contribution >= 4 is 5.69 Å². The van der Waals surface area contributed by atoms with Crippen molar-refractivity contribution in [2.45, 2.75) is 31.8 Å². The van der Waals surface area contributed by atoms with Crippen molar-refractivity contribution < 1.29 is 0 Å². The molecule has 2 nitrogen and oxygen atoms in total. The molecule has 1 fully saturated rings. The first-order chi connectivity index (χ1) is 8.12. The van der Waals surface area contributed by atoms with Crippen LogP contribution < -0.4 is 10.6 Å². The maximum atomic E-state index is 4.05. The van der Waals surface area contributed by atoms with E-state index in [1.807, 2.05) is 0 Å². The van der Waals surface area contributed by atoms with Gasteiger partial charge in [-0.3, -0.25) is 5.32 Å². The van der Waals surface area contributed by atoms with Gasteiger partial charge in [-0.15, -0.1) is 6.58 Å². The summed E-state index contributed by atoms with van der Waals surface area (Å²) in [6.07, 6.45) is 3.62. The van der Waals surface area contributed by atoms with Crippen LogP contribution in [0.1, 0.15) is 25.8 Å². The molecule has 2 atom stereocenters. The number of hydrogen-bond acceptors (Lipinski definition) is 2. The summed E-state index contributed by atoms with van der Waals surface area (Å²) >= 11 is 0. The molecule has 0 amide bonds. The number of nitrogens with one attached hydrogen (secondary N) is 2. The molecule has 1 aromatic carbocycles. The van der Waals surface area contributed by atoms with Crippen LogP contribution in [-0.2, 0) is 5.41 Å². The first-order valence-electron chi connectivity index (χ1n) is 6.35. The number of rotatable bonds is 2. The smallest absolute Gasteiger partial charge is 0.0876 e. The number of benzene rings is 1. The molecule has 90 valence electrons. The molecule has 1 aromatic rings. The van der Waals surface area contributed by atoms with Gasteiger partial charge in [-0.25, -0.2) is 0 Å². The van der Waals surface area contributed by atoms with E-state index in [0.29, 0.717) is 6.17 Å². The highest BCUT2D eigenvalue weighted by atomic mass is 15.2. The van der Waals surface area contributed by atoms with Gasteiger partial charge in [0.1, 0.15) is 0 Å². The maximum Gasteiger partial charge on any atom is 0.0876 e. The van der Waals surface area contributed by atoms with Crippen LogP contribution in [0.15, 0.2) is 36.9 Å². The molecule has 2 aliphatic rings. The predicted molar refractivity (Wildman–Crippen MR) is 72.1 cm³/mol. The Kier molecular flexibility index (Phi) is 2.14. The summed E-state index contributed by atoms with van der Waals surface area (Å²) in [4.78, 5) is 0. The molecule has 0 aromatic heterocycles. The molecule has 0 aliphatic carbocycles. The standard InChI is InChI=1S/C15H20N2/c1-4-14(2,3)15-9-10-16-13(15)17-12-8-6-5-7-11(12)15/h4-8,13,16-17H,1,9-10H2,2-3H3. The van der Waals surface area contributed by atoms with Gasteiger partial charge in [0.05, 0.1) is 6.17 Å². The molecule has 2 heterocycles. The van der Waals surface area contributed by atoms with E-state index < -0.39 is 0 Å². The molecule has 0 saturated carbocycles. The van der Waals surface area contributed by atoms with E-state index in [0.717, 1.165) is 6.54 Å². The van der Waals surface area contributed by atoms with Crippen LogP contribution in [0.4, 0.5) is 5.69 Å². The predicted octanol–water partition coefficient (Wildman–Crippen LogP) is 2.88. The minimum atomic E-state index is 0.0841. The molecule has 2 aliphatic heterocycles. The maximum absolute atomic E-state index is 4.05. The van der Waals surface area contributed by atoms with Crippen molar-refractivity contribution in [1.29, 1.82) is 0 Å². The highest BCUT2D eigenvalue weighted by molar-refractivity contribution is 5.64. The van der Waals surface area contributed by atoms with Crippen LogP contribution in [0.3, 0.4) is 0 Å². The van der Waals surface area contributed by atoms with Crippen LogP contribution in [-0.4, -0.2) is 12.7 Å². The van der Waals surface area contributed by atoms with Crippen LogP contribution in [0.5, 0.6) is 0 Å². The minimum absolute atomic E-state index is 0.0841. The summed E-state index contributed by atoms with van der Waals surface area (Å²) in [5.74, 6) is 0. The van der Waals surface area contributed by atoms with Gasteiger partial charge in [0, 0.05) is 11.1 Å². The van der Waals surface area contributed by atoms with Gasteiger partial charge in [0.15, 0.2) is 0 Å². The molecule has 0 radical (unpaired) electrons. The second-order valence-corrected chi connectivity index (χ2v) is 5.72. The Labute approximate surface area is 103 Å². The third-order valence-electron chi connectivity index (χ3n) is 4.73. The van der Waals surface area contributed by atoms with Gasteiger partial charge >= 0.3 is 0 Å². The Bertz CT molecular complexity index is 464. The van der Waals surface area contributed by atoms with Gasteiger partial charge in [-0.2, -0.15) is 0 Å². The highest BCUT2D eigenvalue weighted by Gasteiger charge is 2.57. The largest absolute Gasteiger partial charge is 0.369 e. The van der Waals surface area contributed by atoms with Crippen LogP contribution in [0, 0.1) is 5.41 Å². The Morgan fingerprint density at radius 3 is 2.94 bits per heavy atom. The average Bonchev–Trinajstić information content (AvgIpc) is 2.85. The van der Waals surface area contributed by atoms with Gasteiger partial charge < -0.3 is 5.32 Å². The fourth-order valence-corrected chi connectivity index (χ4v) is 3.57. The van der Waals surface area contributed by atoms with Crippen molar-refractivity contribution in [3.63, 3.8) is 0 Å². The number of para-hydroxylation sites is 1. The van der Waals surface area contributed by atoms with Crippen molar-refractivity contribution in [3.05, 3.63) is 42.5 Å². The fraction of sp³-hybridized carbons (Fsp3) is 0.467. The molecular weight excluding hydrogens is 208 g/mol. The molecule has 3 rings (SSSR count). The van der Waals surface area contributed by atoms with E-state index in [1.165, 1.54) is 17.7 Å². The van der Waals surface area contributed by atoms with E-state index in [2.05, 4.69) is 61.4 Å². The molecular formula is C15H20N2. The summed E-state index contributed by atoms with van der Waals surface area (Å²) in [5, 5.41) is 7.21. The van der Waals surface area contributed by atoms with Crippen molar-refractivity contribution in [3.8, 4) is 0 Å². The zero-order chi connectivity index (χ0) is 12.1. The molecule has 2 N–H and O–H groups in total. The van der Waals surface area contributed by atoms with Gasteiger partial charge in [0.2, 0.25) is 0 Å². The van der Waals surface area contributed by atoms with Crippen LogP contribution >= 0.6 is 0 Å². The molecule has 17 heavy (non-hydrogen) atoms. The Balaban J connectivity index is 2.22. The second-order valence-electron chi connectivity index (χ2n) is 5.72. The molecule has 0 spiro atoms. The number of allylic oxidation sites excluding steroid dienone is 1. The lowest BCUT2D eigenvalue weighted by Crippen LogP contribution is -2.49. The summed E-state index contributed by atoms with van der Waals surface area (Å²) in [5.41, 5.74) is 2.95. The molecule has 2 heteroatoms. The van der Waals surface area contributed by atoms with E-state index in [4.69, 9.17) is 0 Å². The zero-order valence-electron chi connectivity index (χ0n) is 10.6. The Morgan fingerprint density at radius 1 is 1.41 bits per heavy atom. The van der Waals surface area contributed by atoms with Crippen molar-refractivity contribution in [2.75, 3.05) is 11.9 Å². The third-order valence-corrected chi connectivity index (χ3v) is 4.73. The monoisotopic (exact) mass is 228 g/mol. The Hall–Kier alpha value is -1.28. The lowest BCUT2D eigenvalue weighted by Gasteiger charge is -2.42. The van der Waals surface area contributed by atoms with Crippen LogP contribution in [0.2, 0.25) is 0 Å². The minimum Gasteiger partial charge on any atom is -0.369 e. The summed E-state index contributed by atoms with van der Waals surface area (Å²) in [7, 11) is 0. The number of hydrogen-bond donors (Lipinski definition) is 2. The topological polar surface area (TPSA) is 24.1 Å². The average molecular weight is 228 g/mol. The molecule has 0 bridgehead atoms. The zero-order valence-corrected chi connectivity index (χ0v) is 10.6. The lowest BCUT2D eigenvalue weighted by atomic mass is 9.61. The normalized spacial score (nSPS) is 30.6. The number of anilines is 1. The van der Waals surface area contributed by atoms with Gasteiger partial charge in [-0.05, 0) is 30.0 Å². The Morgan fingerprint density at radius 2 is 2.18 bits per heavy atom. The first kappa shape index (κ1) is 10.8. The first-order valence-corrected chi connectivity index (χ1v) is 6.35. The van der Waals surface area contributed by atoms with Gasteiger partial charge in [0.25, 0.3) is 0 Å². The van der Waals surface area contributed by atoms with E-state index >= 15 is 0 Å². The lowest BCUT2D eigenvalue weighted by molar-refractivity contribution is 0.217. The SMILES string of the molecule is C=CC(C)(C)C12CCNC1Nc1ccccc12. The molecule has 2 unspecified atom stereocenters. The third kappa shape index (κ3) is 1.19. The fourth-order valence-electron chi connectivity index (χ4n) is 3.57. The number of fused-ring (bicyclic) bond motifs is 3. The van der Waals surface area contributed by atoms with Crippen LogP contribution in [0.25, 0.3) is 0 Å². The van der Waals surface area contributed by atoms with E-state index in [-0.39, 0.29) is 10.8 Å². The quantitative estimate of drug-likeness (QED) is 0.761. The summed E-state index contributed by atoms with van der Waals surface area (Å²) in [6.45, 7) is 9.71. The summed E-state index contributed by atoms with van der Waals surface area (Å²) < 4.78 is 0. The highest BCUT2D eigenvalue weighted by Crippen LogP contribution is 2.55. The second kappa shape index (κ2) is 3.36.